The Bertz CT molecular complexity index is 555. The van der Waals surface area contributed by atoms with E-state index in [-0.39, 0.29) is 0 Å². The van der Waals surface area contributed by atoms with Crippen molar-refractivity contribution in [2.75, 3.05) is 5.73 Å². The average Bonchev–Trinajstić information content (AvgIpc) is 2.35. The van der Waals surface area contributed by atoms with Crippen molar-refractivity contribution in [3.8, 4) is 0 Å². The summed E-state index contributed by atoms with van der Waals surface area (Å²) in [7, 11) is 0. The molecule has 0 spiro atoms. The zero-order valence-electron chi connectivity index (χ0n) is 13.0. The van der Waals surface area contributed by atoms with Crippen molar-refractivity contribution < 1.29 is 14.3 Å². The SMILES string of the molecule is CC(C)(C)OC(=O)N[C@@H](CCc1cc(Cl)ccc1N)C(N)=O. The molecule has 0 aliphatic heterocycles. The molecule has 1 aromatic rings. The van der Waals surface area contributed by atoms with E-state index in [0.717, 1.165) is 5.56 Å². The summed E-state index contributed by atoms with van der Waals surface area (Å²) in [6, 6.07) is 4.26. The number of benzene rings is 1. The van der Waals surface area contributed by atoms with Crippen LogP contribution in [0.5, 0.6) is 0 Å². The summed E-state index contributed by atoms with van der Waals surface area (Å²) >= 11 is 5.91. The maximum atomic E-state index is 11.7. The number of nitrogen functional groups attached to an aromatic ring is 1. The van der Waals surface area contributed by atoms with E-state index in [0.29, 0.717) is 23.6 Å². The van der Waals surface area contributed by atoms with Gasteiger partial charge in [-0.2, -0.15) is 0 Å². The molecular formula is C15H22ClN3O3. The van der Waals surface area contributed by atoms with Crippen molar-refractivity contribution in [1.82, 2.24) is 5.32 Å². The summed E-state index contributed by atoms with van der Waals surface area (Å²) in [4.78, 5) is 23.2. The summed E-state index contributed by atoms with van der Waals surface area (Å²) in [5.41, 5.74) is 11.9. The third-order valence-corrected chi connectivity index (χ3v) is 3.08. The van der Waals surface area contributed by atoms with Gasteiger partial charge in [-0.3, -0.25) is 4.79 Å². The molecule has 0 unspecified atom stereocenters. The van der Waals surface area contributed by atoms with Crippen molar-refractivity contribution >= 4 is 29.3 Å². The number of ether oxygens (including phenoxy) is 1. The lowest BCUT2D eigenvalue weighted by molar-refractivity contribution is -0.120. The van der Waals surface area contributed by atoms with E-state index in [9.17, 15) is 9.59 Å². The number of nitrogens with one attached hydrogen (secondary N) is 1. The van der Waals surface area contributed by atoms with Crippen LogP contribution >= 0.6 is 11.6 Å². The molecule has 0 bridgehead atoms. The van der Waals surface area contributed by atoms with Crippen LogP contribution in [0, 0.1) is 0 Å². The largest absolute Gasteiger partial charge is 0.444 e. The van der Waals surface area contributed by atoms with Crippen molar-refractivity contribution in [1.29, 1.82) is 0 Å². The fourth-order valence-electron chi connectivity index (χ4n) is 1.83. The third kappa shape index (κ3) is 6.22. The second kappa shape index (κ2) is 7.35. The van der Waals surface area contributed by atoms with Gasteiger partial charge < -0.3 is 21.5 Å². The van der Waals surface area contributed by atoms with Gasteiger partial charge in [0.2, 0.25) is 5.91 Å². The molecular weight excluding hydrogens is 306 g/mol. The molecule has 2 amide bonds. The van der Waals surface area contributed by atoms with Crippen LogP contribution in [0.3, 0.4) is 0 Å². The number of hydrogen-bond acceptors (Lipinski definition) is 4. The van der Waals surface area contributed by atoms with Crippen LogP contribution in [0.2, 0.25) is 5.02 Å². The lowest BCUT2D eigenvalue weighted by atomic mass is 10.0. The molecule has 0 fully saturated rings. The fraction of sp³-hybridized carbons (Fsp3) is 0.467. The summed E-state index contributed by atoms with van der Waals surface area (Å²) in [6.45, 7) is 5.20. The first-order chi connectivity index (χ1) is 10.1. The summed E-state index contributed by atoms with van der Waals surface area (Å²) in [6.07, 6.45) is 0.0740. The molecule has 7 heteroatoms. The molecule has 122 valence electrons. The highest BCUT2D eigenvalue weighted by Gasteiger charge is 2.22. The van der Waals surface area contributed by atoms with Crippen molar-refractivity contribution in [2.45, 2.75) is 45.3 Å². The number of amides is 2. The fourth-order valence-corrected chi connectivity index (χ4v) is 2.02. The van der Waals surface area contributed by atoms with E-state index in [4.69, 9.17) is 27.8 Å². The van der Waals surface area contributed by atoms with Crippen molar-refractivity contribution in [3.05, 3.63) is 28.8 Å². The highest BCUT2D eigenvalue weighted by Crippen LogP contribution is 2.20. The van der Waals surface area contributed by atoms with Gasteiger partial charge in [0, 0.05) is 10.7 Å². The molecule has 0 heterocycles. The zero-order valence-corrected chi connectivity index (χ0v) is 13.7. The second-order valence-corrected chi connectivity index (χ2v) is 6.42. The first kappa shape index (κ1) is 18.1. The number of rotatable bonds is 5. The number of alkyl carbamates (subject to hydrolysis) is 1. The lowest BCUT2D eigenvalue weighted by Crippen LogP contribution is -2.46. The maximum absolute atomic E-state index is 11.7. The monoisotopic (exact) mass is 327 g/mol. The Balaban J connectivity index is 2.67. The number of nitrogens with two attached hydrogens (primary N) is 2. The number of halogens is 1. The first-order valence-electron chi connectivity index (χ1n) is 6.91. The van der Waals surface area contributed by atoms with Crippen LogP contribution in [-0.2, 0) is 16.0 Å². The van der Waals surface area contributed by atoms with Gasteiger partial charge in [-0.1, -0.05) is 11.6 Å². The molecule has 1 aromatic carbocycles. The van der Waals surface area contributed by atoms with Crippen LogP contribution < -0.4 is 16.8 Å². The molecule has 5 N–H and O–H groups in total. The van der Waals surface area contributed by atoms with Crippen LogP contribution in [0.25, 0.3) is 0 Å². The molecule has 0 aliphatic carbocycles. The third-order valence-electron chi connectivity index (χ3n) is 2.84. The predicted octanol–water partition coefficient (Wildman–Crippen LogP) is 2.23. The Morgan fingerprint density at radius 3 is 2.55 bits per heavy atom. The molecule has 1 rings (SSSR count). The standard InChI is InChI=1S/C15H22ClN3O3/c1-15(2,3)22-14(21)19-12(13(18)20)7-4-9-8-10(16)5-6-11(9)17/h5-6,8,12H,4,7,17H2,1-3H3,(H2,18,20)(H,19,21)/t12-/m0/s1. The molecule has 0 saturated carbocycles. The molecule has 0 aliphatic rings. The molecule has 6 nitrogen and oxygen atoms in total. The predicted molar refractivity (Wildman–Crippen MR) is 86.5 cm³/mol. The number of carbonyl (C=O) groups is 2. The van der Waals surface area contributed by atoms with E-state index < -0.39 is 23.6 Å². The van der Waals surface area contributed by atoms with E-state index in [1.807, 2.05) is 0 Å². The highest BCUT2D eigenvalue weighted by atomic mass is 35.5. The quantitative estimate of drug-likeness (QED) is 0.721. The van der Waals surface area contributed by atoms with Crippen molar-refractivity contribution in [3.63, 3.8) is 0 Å². The van der Waals surface area contributed by atoms with E-state index in [1.165, 1.54) is 0 Å². The summed E-state index contributed by atoms with van der Waals surface area (Å²) in [5, 5.41) is 3.02. The minimum absolute atomic E-state index is 0.305. The Morgan fingerprint density at radius 1 is 1.36 bits per heavy atom. The number of anilines is 1. The number of hydrogen-bond donors (Lipinski definition) is 3. The van der Waals surface area contributed by atoms with Gasteiger partial charge in [-0.05, 0) is 57.4 Å². The highest BCUT2D eigenvalue weighted by molar-refractivity contribution is 6.30. The van der Waals surface area contributed by atoms with Crippen LogP contribution in [0.1, 0.15) is 32.8 Å². The van der Waals surface area contributed by atoms with E-state index >= 15 is 0 Å². The molecule has 22 heavy (non-hydrogen) atoms. The zero-order chi connectivity index (χ0) is 16.9. The minimum atomic E-state index is -0.840. The van der Waals surface area contributed by atoms with Crippen molar-refractivity contribution in [2.24, 2.45) is 5.73 Å². The van der Waals surface area contributed by atoms with Gasteiger partial charge in [-0.25, -0.2) is 4.79 Å². The van der Waals surface area contributed by atoms with Crippen LogP contribution in [0.15, 0.2) is 18.2 Å². The second-order valence-electron chi connectivity index (χ2n) is 5.98. The summed E-state index contributed by atoms with van der Waals surface area (Å²) in [5.74, 6) is -0.633. The van der Waals surface area contributed by atoms with Crippen LogP contribution in [-0.4, -0.2) is 23.6 Å². The minimum Gasteiger partial charge on any atom is -0.444 e. The molecule has 1 atom stereocenters. The smallest absolute Gasteiger partial charge is 0.408 e. The maximum Gasteiger partial charge on any atom is 0.408 e. The number of primary amides is 1. The Morgan fingerprint density at radius 2 is 2.00 bits per heavy atom. The molecule has 0 radical (unpaired) electrons. The van der Waals surface area contributed by atoms with Gasteiger partial charge in [0.15, 0.2) is 0 Å². The summed E-state index contributed by atoms with van der Waals surface area (Å²) < 4.78 is 5.11. The molecule has 0 saturated heterocycles. The molecule has 0 aromatic heterocycles. The number of aryl methyl sites for hydroxylation is 1. The lowest BCUT2D eigenvalue weighted by Gasteiger charge is -2.22. The average molecular weight is 328 g/mol. The Kier molecular flexibility index (Phi) is 6.05. The van der Waals surface area contributed by atoms with Gasteiger partial charge in [-0.15, -0.1) is 0 Å². The number of carbonyl (C=O) groups excluding carboxylic acids is 2. The van der Waals surface area contributed by atoms with Gasteiger partial charge in [0.1, 0.15) is 11.6 Å². The van der Waals surface area contributed by atoms with Gasteiger partial charge in [0.25, 0.3) is 0 Å². The topological polar surface area (TPSA) is 107 Å². The normalized spacial score (nSPS) is 12.5. The van der Waals surface area contributed by atoms with E-state index in [1.54, 1.807) is 39.0 Å². The first-order valence-corrected chi connectivity index (χ1v) is 7.29. The van der Waals surface area contributed by atoms with Gasteiger partial charge in [0.05, 0.1) is 0 Å². The van der Waals surface area contributed by atoms with Crippen LogP contribution in [0.4, 0.5) is 10.5 Å². The van der Waals surface area contributed by atoms with E-state index in [2.05, 4.69) is 5.32 Å². The Hall–Kier alpha value is -1.95. The Labute approximate surface area is 135 Å². The van der Waals surface area contributed by atoms with Gasteiger partial charge >= 0.3 is 6.09 Å².